The van der Waals surface area contributed by atoms with Crippen molar-refractivity contribution in [1.29, 1.82) is 0 Å². The number of rotatable bonds is 5. The second-order valence-corrected chi connectivity index (χ2v) is 6.23. The highest BCUT2D eigenvalue weighted by molar-refractivity contribution is 5.89. The van der Waals surface area contributed by atoms with Gasteiger partial charge in [-0.15, -0.1) is 0 Å². The van der Waals surface area contributed by atoms with Crippen LogP contribution in [0, 0.1) is 0 Å². The van der Waals surface area contributed by atoms with E-state index in [1.54, 1.807) is 7.11 Å². The van der Waals surface area contributed by atoms with Crippen LogP contribution in [0.1, 0.15) is 18.1 Å². The van der Waals surface area contributed by atoms with Gasteiger partial charge in [0.25, 0.3) is 0 Å². The average molecular weight is 338 g/mol. The number of nitrogens with one attached hydrogen (secondary N) is 2. The Morgan fingerprint density at radius 1 is 1.20 bits per heavy atom. The Kier molecular flexibility index (Phi) is 5.05. The molecule has 1 atom stereocenters. The van der Waals surface area contributed by atoms with Crippen LogP contribution in [0.2, 0.25) is 0 Å². The summed E-state index contributed by atoms with van der Waals surface area (Å²) in [6.45, 7) is 2.93. The third kappa shape index (κ3) is 4.39. The van der Waals surface area contributed by atoms with Gasteiger partial charge in [0, 0.05) is 24.9 Å². The Morgan fingerprint density at radius 3 is 2.76 bits per heavy atom. The third-order valence-corrected chi connectivity index (χ3v) is 3.95. The Labute approximate surface area is 147 Å². The molecule has 0 fully saturated rings. The molecule has 0 aromatic heterocycles. The Balaban J connectivity index is 1.61. The smallest absolute Gasteiger partial charge is 0.319 e. The number of hydrogen-bond donors (Lipinski definition) is 2. The molecule has 2 amide bonds. The van der Waals surface area contributed by atoms with Gasteiger partial charge < -0.3 is 20.1 Å². The largest absolute Gasteiger partial charge is 0.480 e. The van der Waals surface area contributed by atoms with Crippen LogP contribution >= 0.6 is 0 Å². The van der Waals surface area contributed by atoms with Crippen molar-refractivity contribution < 1.29 is 14.3 Å². The van der Waals surface area contributed by atoms with Crippen molar-refractivity contribution in [1.82, 2.24) is 5.32 Å². The van der Waals surface area contributed by atoms with Crippen LogP contribution in [0.25, 0.3) is 6.08 Å². The lowest BCUT2D eigenvalue weighted by Crippen LogP contribution is -2.36. The van der Waals surface area contributed by atoms with E-state index in [9.17, 15) is 4.79 Å². The van der Waals surface area contributed by atoms with Crippen LogP contribution in [-0.2, 0) is 11.3 Å². The maximum atomic E-state index is 12.1. The maximum Gasteiger partial charge on any atom is 0.319 e. The molecule has 0 saturated carbocycles. The lowest BCUT2D eigenvalue weighted by atomic mass is 10.0. The van der Waals surface area contributed by atoms with Crippen LogP contribution in [0.5, 0.6) is 5.75 Å². The molecule has 1 heterocycles. The van der Waals surface area contributed by atoms with Crippen molar-refractivity contribution in [3.05, 3.63) is 65.7 Å². The van der Waals surface area contributed by atoms with Crippen molar-refractivity contribution in [3.63, 3.8) is 0 Å². The van der Waals surface area contributed by atoms with Crippen LogP contribution in [0.15, 0.2) is 54.6 Å². The zero-order valence-corrected chi connectivity index (χ0v) is 14.4. The second-order valence-electron chi connectivity index (χ2n) is 6.23. The molecule has 1 aliphatic rings. The van der Waals surface area contributed by atoms with E-state index in [4.69, 9.17) is 9.47 Å². The van der Waals surface area contributed by atoms with Gasteiger partial charge in [-0.05, 0) is 36.8 Å². The van der Waals surface area contributed by atoms with Crippen LogP contribution < -0.4 is 15.4 Å². The first-order valence-corrected chi connectivity index (χ1v) is 8.18. The molecule has 2 aromatic carbocycles. The Hall–Kier alpha value is -2.79. The van der Waals surface area contributed by atoms with Crippen LogP contribution in [0.4, 0.5) is 10.5 Å². The fourth-order valence-corrected chi connectivity index (χ4v) is 2.72. The van der Waals surface area contributed by atoms with Gasteiger partial charge in [-0.25, -0.2) is 4.79 Å². The summed E-state index contributed by atoms with van der Waals surface area (Å²) in [4.78, 5) is 12.1. The number of carbonyl (C=O) groups is 1. The number of anilines is 1. The van der Waals surface area contributed by atoms with Gasteiger partial charge in [-0.3, -0.25) is 0 Å². The summed E-state index contributed by atoms with van der Waals surface area (Å²) in [7, 11) is 1.65. The molecule has 0 bridgehead atoms. The van der Waals surface area contributed by atoms with Gasteiger partial charge in [0.05, 0.1) is 6.61 Å². The standard InChI is InChI=1S/C20H22N2O3/c1-20(14-24-2)11-10-16-12-17(8-9-18(16)25-20)22-19(23)21-13-15-6-4-3-5-7-15/h3-12H,13-14H2,1-2H3,(H2,21,22,23). The number of carbonyl (C=O) groups excluding carboxylic acids is 1. The molecule has 130 valence electrons. The van der Waals surface area contributed by atoms with E-state index in [0.29, 0.717) is 18.8 Å². The van der Waals surface area contributed by atoms with Crippen molar-refractivity contribution in [2.24, 2.45) is 0 Å². The van der Waals surface area contributed by atoms with Gasteiger partial charge >= 0.3 is 6.03 Å². The monoisotopic (exact) mass is 338 g/mol. The normalized spacial score (nSPS) is 18.2. The van der Waals surface area contributed by atoms with Gasteiger partial charge in [0.15, 0.2) is 0 Å². The lowest BCUT2D eigenvalue weighted by molar-refractivity contribution is 0.0378. The molecule has 25 heavy (non-hydrogen) atoms. The van der Waals surface area contributed by atoms with E-state index in [-0.39, 0.29) is 6.03 Å². The number of methoxy groups -OCH3 is 1. The molecule has 5 nitrogen and oxygen atoms in total. The number of benzene rings is 2. The topological polar surface area (TPSA) is 59.6 Å². The molecule has 0 aliphatic carbocycles. The van der Waals surface area contributed by atoms with Gasteiger partial charge in [-0.1, -0.05) is 36.4 Å². The molecule has 2 aromatic rings. The fourth-order valence-electron chi connectivity index (χ4n) is 2.72. The molecule has 0 spiro atoms. The number of urea groups is 1. The van der Waals surface area contributed by atoms with Gasteiger partial charge in [0.2, 0.25) is 0 Å². The quantitative estimate of drug-likeness (QED) is 0.871. The molecule has 2 N–H and O–H groups in total. The highest BCUT2D eigenvalue weighted by atomic mass is 16.5. The molecule has 1 unspecified atom stereocenters. The molecule has 3 rings (SSSR count). The summed E-state index contributed by atoms with van der Waals surface area (Å²) in [5, 5.41) is 5.69. The minimum absolute atomic E-state index is 0.242. The summed E-state index contributed by atoms with van der Waals surface area (Å²) >= 11 is 0. The van der Waals surface area contributed by atoms with Crippen molar-refractivity contribution >= 4 is 17.8 Å². The van der Waals surface area contributed by atoms with Crippen molar-refractivity contribution in [3.8, 4) is 5.75 Å². The summed E-state index contributed by atoms with van der Waals surface area (Å²) in [6, 6.07) is 15.1. The molecule has 0 radical (unpaired) electrons. The van der Waals surface area contributed by atoms with Gasteiger partial charge in [0.1, 0.15) is 11.4 Å². The highest BCUT2D eigenvalue weighted by Crippen LogP contribution is 2.33. The molecule has 1 aliphatic heterocycles. The lowest BCUT2D eigenvalue weighted by Gasteiger charge is -2.31. The van der Waals surface area contributed by atoms with E-state index in [0.717, 1.165) is 16.9 Å². The number of hydrogen-bond acceptors (Lipinski definition) is 3. The minimum atomic E-state index is -0.468. The van der Waals surface area contributed by atoms with E-state index < -0.39 is 5.60 Å². The molecular formula is C20H22N2O3. The van der Waals surface area contributed by atoms with Crippen LogP contribution in [0.3, 0.4) is 0 Å². The summed E-state index contributed by atoms with van der Waals surface area (Å²) in [5.41, 5.74) is 2.23. The summed E-state index contributed by atoms with van der Waals surface area (Å²) in [5.74, 6) is 0.775. The predicted molar refractivity (Wildman–Crippen MR) is 98.7 cm³/mol. The zero-order valence-electron chi connectivity index (χ0n) is 14.4. The molecule has 0 saturated heterocycles. The van der Waals surface area contributed by atoms with Gasteiger partial charge in [-0.2, -0.15) is 0 Å². The third-order valence-electron chi connectivity index (χ3n) is 3.95. The van der Waals surface area contributed by atoms with Crippen molar-refractivity contribution in [2.45, 2.75) is 19.1 Å². The second kappa shape index (κ2) is 7.40. The SMILES string of the molecule is COCC1(C)C=Cc2cc(NC(=O)NCc3ccccc3)ccc2O1. The van der Waals surface area contributed by atoms with E-state index in [2.05, 4.69) is 10.6 Å². The fraction of sp³-hybridized carbons (Fsp3) is 0.250. The molecular weight excluding hydrogens is 316 g/mol. The molecule has 5 heteroatoms. The Morgan fingerprint density at radius 2 is 2.00 bits per heavy atom. The highest BCUT2D eigenvalue weighted by Gasteiger charge is 2.27. The van der Waals surface area contributed by atoms with E-state index in [1.807, 2.05) is 67.6 Å². The summed E-state index contributed by atoms with van der Waals surface area (Å²) < 4.78 is 11.2. The predicted octanol–water partition coefficient (Wildman–Crippen LogP) is 3.82. The number of amides is 2. The number of fused-ring (bicyclic) bond motifs is 1. The zero-order chi connectivity index (χ0) is 17.7. The average Bonchev–Trinajstić information content (AvgIpc) is 2.61. The first kappa shape index (κ1) is 17.0. The van der Waals surface area contributed by atoms with E-state index >= 15 is 0 Å². The van der Waals surface area contributed by atoms with Crippen LogP contribution in [-0.4, -0.2) is 25.3 Å². The summed E-state index contributed by atoms with van der Waals surface area (Å²) in [6.07, 6.45) is 3.96. The minimum Gasteiger partial charge on any atom is -0.480 e. The maximum absolute atomic E-state index is 12.1. The first-order chi connectivity index (χ1) is 12.1. The first-order valence-electron chi connectivity index (χ1n) is 8.18. The van der Waals surface area contributed by atoms with E-state index in [1.165, 1.54) is 0 Å². The Bertz CT molecular complexity index is 774. The number of ether oxygens (including phenoxy) is 2. The van der Waals surface area contributed by atoms with Crippen molar-refractivity contribution in [2.75, 3.05) is 19.0 Å².